The Kier molecular flexibility index (Phi) is 2.89. The first-order chi connectivity index (χ1) is 7.29. The summed E-state index contributed by atoms with van der Waals surface area (Å²) in [5, 5.41) is 0. The van der Waals surface area contributed by atoms with Crippen LogP contribution in [0.2, 0.25) is 0 Å². The predicted octanol–water partition coefficient (Wildman–Crippen LogP) is 4.16. The second kappa shape index (κ2) is 3.72. The summed E-state index contributed by atoms with van der Waals surface area (Å²) in [6, 6.07) is 5.95. The normalized spacial score (nSPS) is 27.7. The molecule has 1 aromatic carbocycles. The van der Waals surface area contributed by atoms with E-state index in [1.165, 1.54) is 0 Å². The van der Waals surface area contributed by atoms with E-state index in [-0.39, 0.29) is 5.78 Å². The average Bonchev–Trinajstić information content (AvgIpc) is 2.22. The third-order valence-corrected chi connectivity index (χ3v) is 5.50. The van der Waals surface area contributed by atoms with Gasteiger partial charge in [-0.3, -0.25) is 4.79 Å². The maximum absolute atomic E-state index is 11.4. The van der Waals surface area contributed by atoms with Crippen LogP contribution in [0.4, 0.5) is 0 Å². The summed E-state index contributed by atoms with van der Waals surface area (Å²) < 4.78 is -0.243. The van der Waals surface area contributed by atoms with Crippen LogP contribution in [-0.2, 0) is 10.2 Å². The lowest BCUT2D eigenvalue weighted by Gasteiger charge is -2.48. The van der Waals surface area contributed by atoms with Crippen molar-refractivity contribution < 1.29 is 4.79 Å². The standard InChI is InChI=1S/C12H11BrCl2O/c1-7-5-8(3-4-9(7)13)11(2)6-10(16)12(11,14)15/h3-5H,6H2,1-2H3. The Labute approximate surface area is 113 Å². The molecule has 1 aliphatic rings. The van der Waals surface area contributed by atoms with Gasteiger partial charge in [-0.1, -0.05) is 58.2 Å². The lowest BCUT2D eigenvalue weighted by atomic mass is 9.64. The molecule has 0 heterocycles. The number of hydrogen-bond donors (Lipinski definition) is 0. The fourth-order valence-corrected chi connectivity index (χ4v) is 2.75. The van der Waals surface area contributed by atoms with Gasteiger partial charge in [0.05, 0.1) is 0 Å². The molecule has 1 nitrogen and oxygen atoms in total. The lowest BCUT2D eigenvalue weighted by Crippen LogP contribution is -2.59. The van der Waals surface area contributed by atoms with E-state index in [1.807, 2.05) is 32.0 Å². The van der Waals surface area contributed by atoms with Crippen LogP contribution in [0.3, 0.4) is 0 Å². The van der Waals surface area contributed by atoms with Gasteiger partial charge >= 0.3 is 0 Å². The van der Waals surface area contributed by atoms with E-state index in [4.69, 9.17) is 23.2 Å². The highest BCUT2D eigenvalue weighted by Gasteiger charge is 2.62. The molecule has 1 atom stereocenters. The molecular formula is C12H11BrCl2O. The van der Waals surface area contributed by atoms with E-state index < -0.39 is 9.75 Å². The van der Waals surface area contributed by atoms with Gasteiger partial charge in [0.1, 0.15) is 0 Å². The maximum Gasteiger partial charge on any atom is 0.185 e. The molecule has 1 aliphatic carbocycles. The highest BCUT2D eigenvalue weighted by molar-refractivity contribution is 9.10. The first-order valence-corrected chi connectivity index (χ1v) is 6.52. The summed E-state index contributed by atoms with van der Waals surface area (Å²) in [4.78, 5) is 11.4. The molecule has 0 spiro atoms. The Morgan fingerprint density at radius 1 is 1.38 bits per heavy atom. The molecule has 1 saturated carbocycles. The van der Waals surface area contributed by atoms with Crippen molar-refractivity contribution in [2.24, 2.45) is 0 Å². The van der Waals surface area contributed by atoms with E-state index in [2.05, 4.69) is 15.9 Å². The zero-order valence-electron chi connectivity index (χ0n) is 8.98. The minimum atomic E-state index is -1.28. The minimum Gasteiger partial charge on any atom is -0.296 e. The number of alkyl halides is 2. The maximum atomic E-state index is 11.4. The Balaban J connectivity index is 2.46. The van der Waals surface area contributed by atoms with Gasteiger partial charge in [0.15, 0.2) is 10.1 Å². The summed E-state index contributed by atoms with van der Waals surface area (Å²) >= 11 is 15.6. The number of rotatable bonds is 1. The van der Waals surface area contributed by atoms with Crippen molar-refractivity contribution in [2.75, 3.05) is 0 Å². The van der Waals surface area contributed by atoms with Gasteiger partial charge in [-0.2, -0.15) is 0 Å². The van der Waals surface area contributed by atoms with Crippen LogP contribution < -0.4 is 0 Å². The Hall–Kier alpha value is -0.0500. The van der Waals surface area contributed by atoms with Crippen molar-refractivity contribution >= 4 is 44.9 Å². The largest absolute Gasteiger partial charge is 0.296 e. The molecule has 0 radical (unpaired) electrons. The number of ketones is 1. The van der Waals surface area contributed by atoms with Gasteiger partial charge in [-0.15, -0.1) is 0 Å². The first kappa shape index (κ1) is 12.4. The Bertz CT molecular complexity index is 470. The molecule has 0 aliphatic heterocycles. The number of carbonyl (C=O) groups is 1. The van der Waals surface area contributed by atoms with Crippen LogP contribution >= 0.6 is 39.1 Å². The van der Waals surface area contributed by atoms with Crippen molar-refractivity contribution in [3.8, 4) is 0 Å². The number of benzene rings is 1. The zero-order valence-corrected chi connectivity index (χ0v) is 12.1. The van der Waals surface area contributed by atoms with E-state index >= 15 is 0 Å². The third kappa shape index (κ3) is 1.54. The summed E-state index contributed by atoms with van der Waals surface area (Å²) in [7, 11) is 0. The van der Waals surface area contributed by atoms with Gasteiger partial charge in [-0.25, -0.2) is 0 Å². The molecule has 1 aromatic rings. The molecule has 1 fully saturated rings. The molecule has 2 rings (SSSR count). The Morgan fingerprint density at radius 2 is 2.00 bits per heavy atom. The number of halogens is 3. The SMILES string of the molecule is Cc1cc(C2(C)CC(=O)C2(Cl)Cl)ccc1Br. The van der Waals surface area contributed by atoms with Crippen LogP contribution in [0.25, 0.3) is 0 Å². The number of aryl methyl sites for hydroxylation is 1. The van der Waals surface area contributed by atoms with Crippen LogP contribution in [0.1, 0.15) is 24.5 Å². The van der Waals surface area contributed by atoms with Crippen LogP contribution in [0.5, 0.6) is 0 Å². The van der Waals surface area contributed by atoms with Gasteiger partial charge in [-0.05, 0) is 24.1 Å². The van der Waals surface area contributed by atoms with E-state index in [9.17, 15) is 4.79 Å². The quantitative estimate of drug-likeness (QED) is 0.710. The van der Waals surface area contributed by atoms with E-state index in [1.54, 1.807) is 0 Å². The van der Waals surface area contributed by atoms with Crippen LogP contribution in [-0.4, -0.2) is 10.1 Å². The fourth-order valence-electron chi connectivity index (χ4n) is 2.02. The predicted molar refractivity (Wildman–Crippen MR) is 70.3 cm³/mol. The van der Waals surface area contributed by atoms with Gasteiger partial charge in [0.2, 0.25) is 0 Å². The summed E-state index contributed by atoms with van der Waals surface area (Å²) in [5.74, 6) is -0.0982. The van der Waals surface area contributed by atoms with Crippen LogP contribution in [0.15, 0.2) is 22.7 Å². The van der Waals surface area contributed by atoms with E-state index in [0.717, 1.165) is 15.6 Å². The van der Waals surface area contributed by atoms with Gasteiger partial charge in [0.25, 0.3) is 0 Å². The molecular weight excluding hydrogens is 311 g/mol. The molecule has 0 bridgehead atoms. The lowest BCUT2D eigenvalue weighted by molar-refractivity contribution is -0.129. The summed E-state index contributed by atoms with van der Waals surface area (Å²) in [5.41, 5.74) is 1.65. The van der Waals surface area contributed by atoms with Crippen molar-refractivity contribution in [2.45, 2.75) is 30.0 Å². The molecule has 0 saturated heterocycles. The highest BCUT2D eigenvalue weighted by atomic mass is 79.9. The van der Waals surface area contributed by atoms with Gasteiger partial charge in [0, 0.05) is 16.3 Å². The first-order valence-electron chi connectivity index (χ1n) is 4.97. The van der Waals surface area contributed by atoms with Crippen molar-refractivity contribution in [1.82, 2.24) is 0 Å². The molecule has 16 heavy (non-hydrogen) atoms. The molecule has 1 unspecified atom stereocenters. The topological polar surface area (TPSA) is 17.1 Å². The molecule has 86 valence electrons. The summed E-state index contributed by atoms with van der Waals surface area (Å²) in [6.07, 6.45) is 0.404. The number of Topliss-reactive ketones (excluding diaryl/α,β-unsaturated/α-hetero) is 1. The second-order valence-electron chi connectivity index (χ2n) is 4.47. The second-order valence-corrected chi connectivity index (χ2v) is 6.65. The molecule has 0 amide bonds. The zero-order chi connectivity index (χ0) is 12.1. The molecule has 0 aromatic heterocycles. The molecule has 0 N–H and O–H groups in total. The van der Waals surface area contributed by atoms with Crippen molar-refractivity contribution in [1.29, 1.82) is 0 Å². The summed E-state index contributed by atoms with van der Waals surface area (Å²) in [6.45, 7) is 3.93. The fraction of sp³-hybridized carbons (Fsp3) is 0.417. The monoisotopic (exact) mass is 320 g/mol. The van der Waals surface area contributed by atoms with E-state index in [0.29, 0.717) is 6.42 Å². The highest BCUT2D eigenvalue weighted by Crippen LogP contribution is 2.55. The average molecular weight is 322 g/mol. The smallest absolute Gasteiger partial charge is 0.185 e. The Morgan fingerprint density at radius 3 is 2.44 bits per heavy atom. The van der Waals surface area contributed by atoms with Crippen molar-refractivity contribution in [3.05, 3.63) is 33.8 Å². The number of carbonyl (C=O) groups excluding carboxylic acids is 1. The minimum absolute atomic E-state index is 0.0982. The molecule has 4 heteroatoms. The van der Waals surface area contributed by atoms with Crippen LogP contribution in [0, 0.1) is 6.92 Å². The third-order valence-electron chi connectivity index (χ3n) is 3.35. The van der Waals surface area contributed by atoms with Gasteiger partial charge < -0.3 is 0 Å². The van der Waals surface area contributed by atoms with Crippen molar-refractivity contribution in [3.63, 3.8) is 0 Å². The number of hydrogen-bond acceptors (Lipinski definition) is 1.